The van der Waals surface area contributed by atoms with Gasteiger partial charge in [0.2, 0.25) is 0 Å². The van der Waals surface area contributed by atoms with E-state index in [0.29, 0.717) is 35.9 Å². The van der Waals surface area contributed by atoms with Crippen LogP contribution in [0.25, 0.3) is 0 Å². The molecule has 0 radical (unpaired) electrons. The van der Waals surface area contributed by atoms with E-state index in [2.05, 4.69) is 9.88 Å². The summed E-state index contributed by atoms with van der Waals surface area (Å²) in [6.07, 6.45) is 2.95. The van der Waals surface area contributed by atoms with Gasteiger partial charge in [0.25, 0.3) is 17.4 Å². The van der Waals surface area contributed by atoms with Gasteiger partial charge < -0.3 is 9.40 Å². The van der Waals surface area contributed by atoms with Gasteiger partial charge in [0, 0.05) is 25.4 Å². The number of nitrogens with zero attached hydrogens (tertiary/aromatic N) is 3. The maximum Gasteiger partial charge on any atom is 0.261 e. The van der Waals surface area contributed by atoms with Gasteiger partial charge in [-0.1, -0.05) is 12.1 Å². The summed E-state index contributed by atoms with van der Waals surface area (Å²) in [7, 11) is 0. The Morgan fingerprint density at radius 1 is 0.969 bits per heavy atom. The number of H-pyrrole nitrogens is 1. The molecule has 3 aromatic rings. The molecule has 0 saturated heterocycles. The van der Waals surface area contributed by atoms with E-state index in [0.717, 1.165) is 48.6 Å². The normalized spacial score (nSPS) is 18.2. The lowest BCUT2D eigenvalue weighted by Gasteiger charge is -2.26. The average Bonchev–Trinajstić information content (AvgIpc) is 3.52. The van der Waals surface area contributed by atoms with Gasteiger partial charge in [-0.2, -0.15) is 0 Å². The Labute approximate surface area is 183 Å². The first kappa shape index (κ1) is 19.2. The van der Waals surface area contributed by atoms with Gasteiger partial charge in [-0.25, -0.2) is 4.98 Å². The lowest BCUT2D eigenvalue weighted by atomic mass is 10.1. The SMILES string of the molecule is O=C1c2ccccc2C(=O)N1Cc1ccc(CN2CCc3nc(C4CC4)[nH]c(=O)c3C2)o1. The molecule has 4 heterocycles. The second kappa shape index (κ2) is 7.27. The number of carbonyl (C=O) groups excluding carboxylic acids is 2. The maximum atomic E-state index is 12.6. The number of furan rings is 1. The molecule has 1 aliphatic carbocycles. The van der Waals surface area contributed by atoms with E-state index in [4.69, 9.17) is 9.40 Å². The van der Waals surface area contributed by atoms with Crippen LogP contribution < -0.4 is 5.56 Å². The van der Waals surface area contributed by atoms with Crippen LogP contribution >= 0.6 is 0 Å². The van der Waals surface area contributed by atoms with Crippen molar-refractivity contribution in [3.05, 3.63) is 86.5 Å². The van der Waals surface area contributed by atoms with Crippen molar-refractivity contribution in [1.82, 2.24) is 19.8 Å². The van der Waals surface area contributed by atoms with Crippen LogP contribution in [0.4, 0.5) is 0 Å². The van der Waals surface area contributed by atoms with Crippen molar-refractivity contribution in [2.75, 3.05) is 6.54 Å². The van der Waals surface area contributed by atoms with Crippen LogP contribution in [0.1, 0.15) is 68.1 Å². The minimum Gasteiger partial charge on any atom is -0.463 e. The summed E-state index contributed by atoms with van der Waals surface area (Å²) in [4.78, 5) is 48.7. The largest absolute Gasteiger partial charge is 0.463 e. The van der Waals surface area contributed by atoms with Gasteiger partial charge in [-0.05, 0) is 37.1 Å². The second-order valence-electron chi connectivity index (χ2n) is 8.72. The predicted octanol–water partition coefficient (Wildman–Crippen LogP) is 2.59. The Morgan fingerprint density at radius 2 is 1.66 bits per heavy atom. The van der Waals surface area contributed by atoms with E-state index in [1.54, 1.807) is 30.3 Å². The van der Waals surface area contributed by atoms with E-state index in [1.807, 2.05) is 6.07 Å². The van der Waals surface area contributed by atoms with E-state index in [1.165, 1.54) is 4.90 Å². The van der Waals surface area contributed by atoms with Gasteiger partial charge in [-0.15, -0.1) is 0 Å². The number of hydrogen-bond donors (Lipinski definition) is 1. The number of nitrogens with one attached hydrogen (secondary N) is 1. The molecule has 8 heteroatoms. The number of amides is 2. The summed E-state index contributed by atoms with van der Waals surface area (Å²) in [5.41, 5.74) is 2.48. The highest BCUT2D eigenvalue weighted by Gasteiger charge is 2.35. The van der Waals surface area contributed by atoms with Crippen molar-refractivity contribution in [2.45, 2.75) is 44.8 Å². The quantitative estimate of drug-likeness (QED) is 0.625. The molecule has 2 aliphatic heterocycles. The molecule has 6 rings (SSSR count). The smallest absolute Gasteiger partial charge is 0.261 e. The predicted molar refractivity (Wildman–Crippen MR) is 114 cm³/mol. The molecule has 0 atom stereocenters. The Morgan fingerprint density at radius 3 is 2.34 bits per heavy atom. The second-order valence-corrected chi connectivity index (χ2v) is 8.72. The van der Waals surface area contributed by atoms with Crippen LogP contribution in [0.15, 0.2) is 45.6 Å². The van der Waals surface area contributed by atoms with E-state index >= 15 is 0 Å². The molecule has 2 amide bonds. The molecule has 162 valence electrons. The molecule has 32 heavy (non-hydrogen) atoms. The molecule has 0 unspecified atom stereocenters. The van der Waals surface area contributed by atoms with Crippen molar-refractivity contribution in [3.63, 3.8) is 0 Å². The fourth-order valence-corrected chi connectivity index (χ4v) is 4.54. The molecule has 8 nitrogen and oxygen atoms in total. The topological polar surface area (TPSA) is 99.5 Å². The molecule has 2 aromatic heterocycles. The number of aromatic nitrogens is 2. The molecule has 1 fully saturated rings. The van der Waals surface area contributed by atoms with Crippen molar-refractivity contribution in [1.29, 1.82) is 0 Å². The molecule has 3 aliphatic rings. The third-order valence-electron chi connectivity index (χ3n) is 6.42. The van der Waals surface area contributed by atoms with Gasteiger partial charge in [0.1, 0.15) is 17.3 Å². The molecule has 0 spiro atoms. The minimum absolute atomic E-state index is 0.0349. The van der Waals surface area contributed by atoms with Crippen molar-refractivity contribution >= 4 is 11.8 Å². The van der Waals surface area contributed by atoms with Crippen LogP contribution in [-0.2, 0) is 26.1 Å². The number of hydrogen-bond acceptors (Lipinski definition) is 6. The summed E-state index contributed by atoms with van der Waals surface area (Å²) < 4.78 is 5.93. The van der Waals surface area contributed by atoms with Crippen LogP contribution in [0, 0.1) is 0 Å². The first-order chi connectivity index (χ1) is 15.6. The highest BCUT2D eigenvalue weighted by atomic mass is 16.3. The Kier molecular flexibility index (Phi) is 4.36. The van der Waals surface area contributed by atoms with Crippen LogP contribution in [0.5, 0.6) is 0 Å². The minimum atomic E-state index is -0.298. The molecule has 1 N–H and O–H groups in total. The maximum absolute atomic E-state index is 12.6. The summed E-state index contributed by atoms with van der Waals surface area (Å²) in [5, 5.41) is 0. The summed E-state index contributed by atoms with van der Waals surface area (Å²) >= 11 is 0. The molecule has 0 bridgehead atoms. The molecular formula is C24H22N4O4. The fraction of sp³-hybridized carbons (Fsp3) is 0.333. The summed E-state index contributed by atoms with van der Waals surface area (Å²) in [5.74, 6) is 1.96. The van der Waals surface area contributed by atoms with Gasteiger partial charge >= 0.3 is 0 Å². The first-order valence-corrected chi connectivity index (χ1v) is 10.9. The van der Waals surface area contributed by atoms with E-state index in [9.17, 15) is 14.4 Å². The Balaban J connectivity index is 1.14. The van der Waals surface area contributed by atoms with Crippen molar-refractivity contribution in [2.24, 2.45) is 0 Å². The van der Waals surface area contributed by atoms with Crippen molar-refractivity contribution in [3.8, 4) is 0 Å². The summed E-state index contributed by atoms with van der Waals surface area (Å²) in [6.45, 7) is 1.97. The zero-order valence-corrected chi connectivity index (χ0v) is 17.5. The number of imide groups is 1. The first-order valence-electron chi connectivity index (χ1n) is 10.9. The van der Waals surface area contributed by atoms with Gasteiger partial charge in [0.05, 0.1) is 35.5 Å². The highest BCUT2D eigenvalue weighted by molar-refractivity contribution is 6.21. The zero-order valence-electron chi connectivity index (χ0n) is 17.5. The number of benzene rings is 1. The summed E-state index contributed by atoms with van der Waals surface area (Å²) in [6, 6.07) is 10.5. The third kappa shape index (κ3) is 3.27. The fourth-order valence-electron chi connectivity index (χ4n) is 4.54. The van der Waals surface area contributed by atoms with Crippen LogP contribution in [-0.4, -0.2) is 38.1 Å². The number of aromatic amines is 1. The zero-order chi connectivity index (χ0) is 21.8. The lowest BCUT2D eigenvalue weighted by Crippen LogP contribution is -2.35. The third-order valence-corrected chi connectivity index (χ3v) is 6.42. The Hall–Kier alpha value is -3.52. The Bertz CT molecular complexity index is 1270. The number of fused-ring (bicyclic) bond motifs is 2. The highest BCUT2D eigenvalue weighted by Crippen LogP contribution is 2.37. The van der Waals surface area contributed by atoms with Crippen molar-refractivity contribution < 1.29 is 14.0 Å². The van der Waals surface area contributed by atoms with Gasteiger partial charge in [-0.3, -0.25) is 24.2 Å². The average molecular weight is 430 g/mol. The molecule has 1 aromatic carbocycles. The molecule has 1 saturated carbocycles. The van der Waals surface area contributed by atoms with Crippen LogP contribution in [0.3, 0.4) is 0 Å². The number of rotatable bonds is 5. The standard InChI is InChI=1S/C24H22N4O4/c29-22-19-13-27(10-9-20(19)25-21(26-22)14-5-6-14)11-15-7-8-16(32-15)12-28-23(30)17-3-1-2-4-18(17)24(28)31/h1-4,7-8,14H,5-6,9-13H2,(H,25,26,29). The monoisotopic (exact) mass is 430 g/mol. The van der Waals surface area contributed by atoms with Crippen LogP contribution in [0.2, 0.25) is 0 Å². The van der Waals surface area contributed by atoms with E-state index < -0.39 is 0 Å². The van der Waals surface area contributed by atoms with Gasteiger partial charge in [0.15, 0.2) is 0 Å². The molecular weight excluding hydrogens is 408 g/mol. The lowest BCUT2D eigenvalue weighted by molar-refractivity contribution is 0.0630. The number of carbonyl (C=O) groups is 2. The van der Waals surface area contributed by atoms with E-state index in [-0.39, 0.29) is 23.9 Å².